The third kappa shape index (κ3) is 2.61. The summed E-state index contributed by atoms with van der Waals surface area (Å²) in [7, 11) is 0. The van der Waals surface area contributed by atoms with Gasteiger partial charge in [-0.25, -0.2) is 4.79 Å². The molecule has 0 aliphatic heterocycles. The average molecular weight is 271 g/mol. The summed E-state index contributed by atoms with van der Waals surface area (Å²) in [5.41, 5.74) is 9.24. The summed E-state index contributed by atoms with van der Waals surface area (Å²) in [4.78, 5) is 11.3. The zero-order chi connectivity index (χ0) is 13.8. The Morgan fingerprint density at radius 3 is 2.32 bits per heavy atom. The minimum Gasteiger partial charge on any atom is -0.462 e. The van der Waals surface area contributed by atoms with E-state index in [1.54, 1.807) is 12.3 Å². The molecular formula is C15H13NO2S. The number of anilines is 1. The van der Waals surface area contributed by atoms with Crippen molar-refractivity contribution >= 4 is 22.3 Å². The van der Waals surface area contributed by atoms with Crippen LogP contribution < -0.4 is 5.73 Å². The molecule has 3 rings (SSSR count). The van der Waals surface area contributed by atoms with Crippen molar-refractivity contribution in [1.82, 2.24) is 0 Å². The van der Waals surface area contributed by atoms with Gasteiger partial charge in [0, 0.05) is 5.38 Å². The van der Waals surface area contributed by atoms with Crippen LogP contribution in [0, 0.1) is 12.3 Å². The molecule has 1 aromatic rings. The number of rotatable bonds is 2. The average Bonchev–Trinajstić information content (AvgIpc) is 2.76. The van der Waals surface area contributed by atoms with Gasteiger partial charge in [-0.15, -0.1) is 17.8 Å². The number of terminal acetylenes is 1. The molecular weight excluding hydrogens is 258 g/mol. The summed E-state index contributed by atoms with van der Waals surface area (Å²) in [6.07, 6.45) is 5.19. The van der Waals surface area contributed by atoms with Gasteiger partial charge in [0.1, 0.15) is 10.6 Å². The number of benzene rings is 1. The predicted molar refractivity (Wildman–Crippen MR) is 78.1 cm³/mol. The first-order valence-electron chi connectivity index (χ1n) is 5.78. The summed E-state index contributed by atoms with van der Waals surface area (Å²) in [6, 6.07) is 8.48. The Balaban J connectivity index is 0.000000180. The lowest BCUT2D eigenvalue weighted by Crippen LogP contribution is -2.07. The van der Waals surface area contributed by atoms with Crippen LogP contribution in [0.2, 0.25) is 0 Å². The smallest absolute Gasteiger partial charge is 0.342 e. The van der Waals surface area contributed by atoms with Crippen LogP contribution in [0.1, 0.15) is 22.8 Å². The van der Waals surface area contributed by atoms with Crippen molar-refractivity contribution in [2.45, 2.75) is 6.92 Å². The molecule has 2 aliphatic rings. The van der Waals surface area contributed by atoms with E-state index in [1.165, 1.54) is 22.5 Å². The van der Waals surface area contributed by atoms with Gasteiger partial charge in [0.05, 0.1) is 12.2 Å². The Bertz CT molecular complexity index is 614. The number of esters is 1. The molecule has 4 heteroatoms. The van der Waals surface area contributed by atoms with Gasteiger partial charge in [0.25, 0.3) is 0 Å². The number of hydrogen-bond donors (Lipinski definition) is 1. The van der Waals surface area contributed by atoms with Crippen LogP contribution in [0.25, 0.3) is 11.1 Å². The van der Waals surface area contributed by atoms with Crippen LogP contribution in [-0.4, -0.2) is 12.6 Å². The number of nitrogens with two attached hydrogens (primary N) is 1. The van der Waals surface area contributed by atoms with E-state index in [0.717, 1.165) is 0 Å². The molecule has 0 unspecified atom stereocenters. The first-order valence-corrected chi connectivity index (χ1v) is 6.66. The number of nitrogen functional groups attached to an aromatic ring is 1. The molecule has 0 saturated heterocycles. The highest BCUT2D eigenvalue weighted by atomic mass is 32.1. The summed E-state index contributed by atoms with van der Waals surface area (Å²) < 4.78 is 4.80. The molecule has 0 radical (unpaired) electrons. The first kappa shape index (κ1) is 13.2. The molecule has 2 N–H and O–H groups in total. The van der Waals surface area contributed by atoms with Crippen LogP contribution in [0.5, 0.6) is 0 Å². The van der Waals surface area contributed by atoms with Crippen molar-refractivity contribution in [1.29, 1.82) is 0 Å². The zero-order valence-corrected chi connectivity index (χ0v) is 11.3. The summed E-state index contributed by atoms with van der Waals surface area (Å²) in [5, 5.41) is 2.08. The number of carbonyl (C=O) groups excluding carboxylic acids is 1. The molecule has 0 bridgehead atoms. The molecule has 3 nitrogen and oxygen atoms in total. The monoisotopic (exact) mass is 271 g/mol. The normalized spacial score (nSPS) is 9.89. The number of fused-ring (bicyclic) bond motifs is 1. The number of hydrogen-bond acceptors (Lipinski definition) is 4. The number of carbonyl (C=O) groups is 1. The minimum atomic E-state index is -0.450. The molecule has 0 atom stereocenters. The lowest BCUT2D eigenvalue weighted by molar-refractivity contribution is 0.0528. The van der Waals surface area contributed by atoms with Gasteiger partial charge in [-0.1, -0.05) is 30.2 Å². The molecule has 96 valence electrons. The van der Waals surface area contributed by atoms with Gasteiger partial charge in [0.15, 0.2) is 0 Å². The zero-order valence-electron chi connectivity index (χ0n) is 10.5. The Kier molecular flexibility index (Phi) is 3.88. The van der Waals surface area contributed by atoms with Crippen molar-refractivity contribution in [2.24, 2.45) is 0 Å². The lowest BCUT2D eigenvalue weighted by Gasteiger charge is -2.10. The minimum absolute atomic E-state index is 0.314. The van der Waals surface area contributed by atoms with E-state index in [1.807, 2.05) is 0 Å². The highest BCUT2D eigenvalue weighted by Gasteiger charge is 2.16. The van der Waals surface area contributed by atoms with Crippen molar-refractivity contribution in [3.63, 3.8) is 0 Å². The van der Waals surface area contributed by atoms with Crippen LogP contribution >= 0.6 is 11.3 Å². The summed E-state index contributed by atoms with van der Waals surface area (Å²) in [5.74, 6) is 1.94. The highest BCUT2D eigenvalue weighted by Crippen LogP contribution is 2.29. The fourth-order valence-electron chi connectivity index (χ4n) is 1.56. The van der Waals surface area contributed by atoms with E-state index in [-0.39, 0.29) is 0 Å². The van der Waals surface area contributed by atoms with E-state index in [9.17, 15) is 4.79 Å². The molecule has 0 saturated carbocycles. The quantitative estimate of drug-likeness (QED) is 0.575. The highest BCUT2D eigenvalue weighted by molar-refractivity contribution is 7.14. The van der Waals surface area contributed by atoms with Gasteiger partial charge in [-0.05, 0) is 18.1 Å². The fourth-order valence-corrected chi connectivity index (χ4v) is 2.30. The van der Waals surface area contributed by atoms with Gasteiger partial charge in [0.2, 0.25) is 0 Å². The fraction of sp³-hybridized carbons (Fsp3) is 0.133. The van der Waals surface area contributed by atoms with Crippen molar-refractivity contribution < 1.29 is 9.53 Å². The number of thiophene rings is 1. The Morgan fingerprint density at radius 2 is 1.95 bits per heavy atom. The van der Waals surface area contributed by atoms with Crippen LogP contribution in [-0.2, 0) is 4.74 Å². The van der Waals surface area contributed by atoms with E-state index in [2.05, 4.69) is 30.2 Å². The second-order valence-corrected chi connectivity index (χ2v) is 4.74. The number of ether oxygens (including phenoxy) is 1. The summed E-state index contributed by atoms with van der Waals surface area (Å²) in [6.45, 7) is 2.05. The van der Waals surface area contributed by atoms with Gasteiger partial charge in [-0.2, -0.15) is 0 Å². The van der Waals surface area contributed by atoms with E-state index < -0.39 is 5.97 Å². The van der Waals surface area contributed by atoms with E-state index >= 15 is 0 Å². The second kappa shape index (κ2) is 5.59. The standard InChI is InChI=1S/C9H9NO2S.C6H4/c1-3-6-5-13-8(10)7(6)9(11)12-4-2;1-2-6-4-3-5(1)6/h1,5H,4,10H2,2H3;1-4H. The van der Waals surface area contributed by atoms with Crippen LogP contribution in [0.4, 0.5) is 5.00 Å². The van der Waals surface area contributed by atoms with Crippen LogP contribution in [0.15, 0.2) is 29.6 Å². The molecule has 0 fully saturated rings. The third-order valence-corrected chi connectivity index (χ3v) is 3.48. The maximum Gasteiger partial charge on any atom is 0.342 e. The Morgan fingerprint density at radius 1 is 1.37 bits per heavy atom. The molecule has 0 amide bonds. The Hall–Kier alpha value is -2.25. The van der Waals surface area contributed by atoms with Gasteiger partial charge >= 0.3 is 5.97 Å². The second-order valence-electron chi connectivity index (χ2n) is 3.83. The van der Waals surface area contributed by atoms with Crippen molar-refractivity contribution in [3.05, 3.63) is 40.8 Å². The molecule has 19 heavy (non-hydrogen) atoms. The van der Waals surface area contributed by atoms with Gasteiger partial charge < -0.3 is 10.5 Å². The molecule has 1 heterocycles. The third-order valence-electron chi connectivity index (χ3n) is 2.67. The maximum atomic E-state index is 11.3. The predicted octanol–water partition coefficient (Wildman–Crippen LogP) is 3.16. The van der Waals surface area contributed by atoms with E-state index in [0.29, 0.717) is 22.7 Å². The molecule has 1 aromatic heterocycles. The SMILES string of the molecule is C#Cc1csc(N)c1C(=O)OCC.c1cc2ccc1-2. The molecule has 2 aliphatic carbocycles. The maximum absolute atomic E-state index is 11.3. The molecule has 0 spiro atoms. The largest absolute Gasteiger partial charge is 0.462 e. The summed E-state index contributed by atoms with van der Waals surface area (Å²) >= 11 is 1.24. The first-order chi connectivity index (χ1) is 9.17. The topological polar surface area (TPSA) is 52.3 Å². The van der Waals surface area contributed by atoms with Crippen molar-refractivity contribution in [2.75, 3.05) is 12.3 Å². The molecule has 0 aromatic carbocycles. The lowest BCUT2D eigenvalue weighted by atomic mass is 9.95. The Labute approximate surface area is 116 Å². The van der Waals surface area contributed by atoms with Crippen LogP contribution in [0.3, 0.4) is 0 Å². The van der Waals surface area contributed by atoms with Crippen molar-refractivity contribution in [3.8, 4) is 23.5 Å². The van der Waals surface area contributed by atoms with Gasteiger partial charge in [-0.3, -0.25) is 0 Å². The van der Waals surface area contributed by atoms with E-state index in [4.69, 9.17) is 16.9 Å².